The van der Waals surface area contributed by atoms with E-state index in [9.17, 15) is 4.79 Å². The molecule has 0 atom stereocenters. The number of carbonyl (C=O) groups excluding carboxylic acids is 1. The first-order valence-corrected chi connectivity index (χ1v) is 2.99. The van der Waals surface area contributed by atoms with Crippen LogP contribution in [0.4, 0.5) is 0 Å². The number of isocyanates is 1. The van der Waals surface area contributed by atoms with Gasteiger partial charge in [0.15, 0.2) is 0 Å². The van der Waals surface area contributed by atoms with Gasteiger partial charge in [-0.1, -0.05) is 19.9 Å². The first kappa shape index (κ1) is 8.12. The number of allylic oxidation sites excluding steroid dienone is 1. The Morgan fingerprint density at radius 3 is 2.78 bits per heavy atom. The van der Waals surface area contributed by atoms with Crippen molar-refractivity contribution in [2.75, 3.05) is 0 Å². The fourth-order valence-electron chi connectivity index (χ4n) is 0.416. The van der Waals surface area contributed by atoms with Crippen molar-refractivity contribution in [2.45, 2.75) is 20.3 Å². The highest BCUT2D eigenvalue weighted by molar-refractivity contribution is 5.34. The second-order valence-electron chi connectivity index (χ2n) is 2.23. The molecule has 0 saturated carbocycles. The maximum atomic E-state index is 9.51. The van der Waals surface area contributed by atoms with Crippen molar-refractivity contribution in [1.82, 2.24) is 0 Å². The summed E-state index contributed by atoms with van der Waals surface area (Å²) in [5, 5.41) is 0. The Balaban J connectivity index is 3.36. The zero-order valence-electron chi connectivity index (χ0n) is 5.79. The van der Waals surface area contributed by atoms with Gasteiger partial charge in [-0.05, 0) is 12.3 Å². The summed E-state index contributed by atoms with van der Waals surface area (Å²) >= 11 is 0. The summed E-state index contributed by atoms with van der Waals surface area (Å²) in [5.74, 6) is 0.628. The first-order chi connectivity index (χ1) is 4.27. The van der Waals surface area contributed by atoms with Gasteiger partial charge < -0.3 is 0 Å². The Kier molecular flexibility index (Phi) is 4.75. The Hall–Kier alpha value is -0.880. The zero-order valence-corrected chi connectivity index (χ0v) is 5.79. The molecule has 2 heteroatoms. The third kappa shape index (κ3) is 7.12. The van der Waals surface area contributed by atoms with E-state index in [1.165, 1.54) is 12.3 Å². The molecule has 0 bridgehead atoms. The van der Waals surface area contributed by atoms with E-state index in [0.29, 0.717) is 5.92 Å². The zero-order chi connectivity index (χ0) is 7.11. The average Bonchev–Trinajstić information content (AvgIpc) is 1.80. The van der Waals surface area contributed by atoms with E-state index in [1.54, 1.807) is 0 Å². The van der Waals surface area contributed by atoms with Crippen LogP contribution in [0.5, 0.6) is 0 Å². The van der Waals surface area contributed by atoms with Gasteiger partial charge in [0.05, 0.1) is 0 Å². The van der Waals surface area contributed by atoms with Crippen molar-refractivity contribution in [3.63, 3.8) is 0 Å². The average molecular weight is 125 g/mol. The number of rotatable bonds is 3. The van der Waals surface area contributed by atoms with E-state index in [2.05, 4.69) is 18.8 Å². The van der Waals surface area contributed by atoms with E-state index < -0.39 is 0 Å². The molecule has 0 aromatic rings. The molecule has 0 fully saturated rings. The lowest BCUT2D eigenvalue weighted by molar-refractivity contribution is 0.565. The maximum absolute atomic E-state index is 9.51. The molecule has 0 spiro atoms. The minimum absolute atomic E-state index is 0.628. The fourth-order valence-corrected chi connectivity index (χ4v) is 0.416. The summed E-state index contributed by atoms with van der Waals surface area (Å²) in [4.78, 5) is 12.8. The molecule has 0 rings (SSSR count). The molecule has 0 aliphatic rings. The molecule has 0 N–H and O–H groups in total. The van der Waals surface area contributed by atoms with Crippen molar-refractivity contribution >= 4 is 6.08 Å². The minimum Gasteiger partial charge on any atom is -0.211 e. The first-order valence-electron chi connectivity index (χ1n) is 2.99. The largest absolute Gasteiger partial charge is 0.239 e. The van der Waals surface area contributed by atoms with Crippen LogP contribution >= 0.6 is 0 Å². The molecule has 2 nitrogen and oxygen atoms in total. The molecule has 0 radical (unpaired) electrons. The Bertz CT molecular complexity index is 132. The molecule has 0 amide bonds. The summed E-state index contributed by atoms with van der Waals surface area (Å²) in [6.07, 6.45) is 5.73. The maximum Gasteiger partial charge on any atom is 0.239 e. The van der Waals surface area contributed by atoms with E-state index >= 15 is 0 Å². The van der Waals surface area contributed by atoms with Gasteiger partial charge in [0, 0.05) is 6.20 Å². The van der Waals surface area contributed by atoms with E-state index in [4.69, 9.17) is 0 Å². The van der Waals surface area contributed by atoms with Gasteiger partial charge in [-0.3, -0.25) is 0 Å². The molecule has 0 aromatic heterocycles. The smallest absolute Gasteiger partial charge is 0.211 e. The highest BCUT2D eigenvalue weighted by Crippen LogP contribution is 1.98. The van der Waals surface area contributed by atoms with Crippen LogP contribution in [0.3, 0.4) is 0 Å². The predicted molar refractivity (Wildman–Crippen MR) is 36.7 cm³/mol. The van der Waals surface area contributed by atoms with Crippen LogP contribution in [0.1, 0.15) is 20.3 Å². The van der Waals surface area contributed by atoms with Gasteiger partial charge in [-0.2, -0.15) is 4.99 Å². The van der Waals surface area contributed by atoms with E-state index in [0.717, 1.165) is 6.42 Å². The molecule has 0 unspecified atom stereocenters. The lowest BCUT2D eigenvalue weighted by atomic mass is 10.1. The van der Waals surface area contributed by atoms with Gasteiger partial charge in [0.2, 0.25) is 6.08 Å². The number of aliphatic imine (C=N–C) groups is 1. The van der Waals surface area contributed by atoms with Crippen LogP contribution in [-0.2, 0) is 4.79 Å². The van der Waals surface area contributed by atoms with E-state index in [1.807, 2.05) is 6.08 Å². The fraction of sp³-hybridized carbons (Fsp3) is 0.571. The van der Waals surface area contributed by atoms with Crippen molar-refractivity contribution in [2.24, 2.45) is 10.9 Å². The normalized spacial score (nSPS) is 10.1. The Morgan fingerprint density at radius 1 is 1.67 bits per heavy atom. The molecule has 9 heavy (non-hydrogen) atoms. The second-order valence-corrected chi connectivity index (χ2v) is 2.23. The van der Waals surface area contributed by atoms with Crippen LogP contribution in [-0.4, -0.2) is 6.08 Å². The van der Waals surface area contributed by atoms with Crippen molar-refractivity contribution in [1.29, 1.82) is 0 Å². The molecular formula is C7H11NO. The summed E-state index contributed by atoms with van der Waals surface area (Å²) < 4.78 is 0. The lowest BCUT2D eigenvalue weighted by Gasteiger charge is -1.93. The third-order valence-corrected chi connectivity index (χ3v) is 0.840. The summed E-state index contributed by atoms with van der Waals surface area (Å²) in [6.45, 7) is 4.21. The molecule has 0 aliphatic carbocycles. The standard InChI is InChI=1S/C7H11NO/c1-7(2)4-3-5-8-6-9/h3,5,7H,4H2,1-2H3/b5-3-. The third-order valence-electron chi connectivity index (χ3n) is 0.840. The molecular weight excluding hydrogens is 114 g/mol. The second kappa shape index (κ2) is 5.26. The number of hydrogen-bond donors (Lipinski definition) is 0. The SMILES string of the molecule is CC(C)C/C=C\N=C=O. The highest BCUT2D eigenvalue weighted by atomic mass is 16.1. The summed E-state index contributed by atoms with van der Waals surface area (Å²) in [5.41, 5.74) is 0. The number of hydrogen-bond acceptors (Lipinski definition) is 2. The Labute approximate surface area is 55.3 Å². The van der Waals surface area contributed by atoms with Gasteiger partial charge in [-0.25, -0.2) is 4.79 Å². The van der Waals surface area contributed by atoms with Crippen LogP contribution in [0.25, 0.3) is 0 Å². The van der Waals surface area contributed by atoms with Gasteiger partial charge in [0.1, 0.15) is 0 Å². The monoisotopic (exact) mass is 125 g/mol. The number of nitrogens with zero attached hydrogens (tertiary/aromatic N) is 1. The van der Waals surface area contributed by atoms with Crippen LogP contribution in [0.15, 0.2) is 17.3 Å². The van der Waals surface area contributed by atoms with Crippen molar-refractivity contribution in [3.8, 4) is 0 Å². The van der Waals surface area contributed by atoms with Crippen LogP contribution in [0, 0.1) is 5.92 Å². The van der Waals surface area contributed by atoms with Gasteiger partial charge in [-0.15, -0.1) is 0 Å². The molecule has 0 aliphatic heterocycles. The van der Waals surface area contributed by atoms with Crippen molar-refractivity contribution in [3.05, 3.63) is 12.3 Å². The minimum atomic E-state index is 0.628. The lowest BCUT2D eigenvalue weighted by Crippen LogP contribution is -1.80. The topological polar surface area (TPSA) is 29.4 Å². The van der Waals surface area contributed by atoms with Crippen molar-refractivity contribution < 1.29 is 4.79 Å². The van der Waals surface area contributed by atoms with Crippen LogP contribution < -0.4 is 0 Å². The summed E-state index contributed by atoms with van der Waals surface area (Å²) in [6, 6.07) is 0. The van der Waals surface area contributed by atoms with Gasteiger partial charge in [0.25, 0.3) is 0 Å². The quantitative estimate of drug-likeness (QED) is 0.418. The van der Waals surface area contributed by atoms with Crippen LogP contribution in [0.2, 0.25) is 0 Å². The predicted octanol–water partition coefficient (Wildman–Crippen LogP) is 1.88. The van der Waals surface area contributed by atoms with Gasteiger partial charge >= 0.3 is 0 Å². The molecule has 0 heterocycles. The Morgan fingerprint density at radius 2 is 2.33 bits per heavy atom. The highest BCUT2D eigenvalue weighted by Gasteiger charge is 1.84. The molecule has 0 saturated heterocycles. The summed E-state index contributed by atoms with van der Waals surface area (Å²) in [7, 11) is 0. The van der Waals surface area contributed by atoms with E-state index in [-0.39, 0.29) is 0 Å². The molecule has 0 aromatic carbocycles. The molecule has 50 valence electrons.